The number of anilines is 1. The van der Waals surface area contributed by atoms with Gasteiger partial charge in [-0.1, -0.05) is 6.07 Å². The number of likely N-dealkylation sites (tertiary alicyclic amines) is 1. The highest BCUT2D eigenvalue weighted by atomic mass is 19.1. The Hall–Kier alpha value is -1.75. The number of Topliss-reactive ketones (excluding diaryl/α,β-unsaturated/α-hetero) is 1. The first kappa shape index (κ1) is 12.3. The van der Waals surface area contributed by atoms with Crippen LogP contribution in [0.4, 0.5) is 10.1 Å². The molecule has 0 N–H and O–H groups in total. The number of amides is 1. The van der Waals surface area contributed by atoms with Crippen molar-refractivity contribution in [2.75, 3.05) is 31.1 Å². The van der Waals surface area contributed by atoms with Crippen LogP contribution in [0.15, 0.2) is 18.2 Å². The van der Waals surface area contributed by atoms with E-state index in [1.165, 1.54) is 23.1 Å². The van der Waals surface area contributed by atoms with Gasteiger partial charge in [-0.25, -0.2) is 4.39 Å². The van der Waals surface area contributed by atoms with Gasteiger partial charge in [0.1, 0.15) is 5.82 Å². The Kier molecular flexibility index (Phi) is 3.06. The molecule has 1 aromatic carbocycles. The van der Waals surface area contributed by atoms with Crippen LogP contribution in [-0.2, 0) is 4.79 Å². The van der Waals surface area contributed by atoms with Gasteiger partial charge >= 0.3 is 0 Å². The second kappa shape index (κ2) is 4.74. The minimum absolute atomic E-state index is 0.150. The van der Waals surface area contributed by atoms with Crippen molar-refractivity contribution in [3.8, 4) is 0 Å². The van der Waals surface area contributed by atoms with Crippen LogP contribution in [0.5, 0.6) is 0 Å². The number of benzene rings is 1. The van der Waals surface area contributed by atoms with Crippen molar-refractivity contribution in [3.05, 3.63) is 29.6 Å². The second-order valence-electron chi connectivity index (χ2n) is 4.97. The molecular weight excluding hydrogens is 247 g/mol. The van der Waals surface area contributed by atoms with Crippen molar-refractivity contribution in [3.63, 3.8) is 0 Å². The molecule has 4 nitrogen and oxygen atoms in total. The predicted molar refractivity (Wildman–Crippen MR) is 68.8 cm³/mol. The zero-order chi connectivity index (χ0) is 13.4. The van der Waals surface area contributed by atoms with Gasteiger partial charge in [-0.05, 0) is 38.1 Å². The molecule has 0 saturated carbocycles. The average Bonchev–Trinajstić information content (AvgIpc) is 2.99. The normalized spacial score (nSPS) is 19.3. The van der Waals surface area contributed by atoms with E-state index in [2.05, 4.69) is 4.90 Å². The number of nitrogens with zero attached hydrogens (tertiary/aromatic N) is 2. The van der Waals surface area contributed by atoms with Gasteiger partial charge in [0, 0.05) is 13.1 Å². The summed E-state index contributed by atoms with van der Waals surface area (Å²) in [6.45, 7) is 3.09. The SMILES string of the molecule is O=C1C(=O)N(CCN2CCCC2)c2c(F)cccc21. The zero-order valence-electron chi connectivity index (χ0n) is 10.6. The van der Waals surface area contributed by atoms with Crippen LogP contribution < -0.4 is 4.90 Å². The molecule has 1 amide bonds. The number of ketones is 1. The summed E-state index contributed by atoms with van der Waals surface area (Å²) in [5.41, 5.74) is 0.336. The van der Waals surface area contributed by atoms with Gasteiger partial charge < -0.3 is 9.80 Å². The topological polar surface area (TPSA) is 40.6 Å². The summed E-state index contributed by atoms with van der Waals surface area (Å²) in [5.74, 6) is -1.71. The Morgan fingerprint density at radius 3 is 2.58 bits per heavy atom. The molecule has 2 aliphatic rings. The fraction of sp³-hybridized carbons (Fsp3) is 0.429. The molecule has 0 spiro atoms. The van der Waals surface area contributed by atoms with E-state index in [1.54, 1.807) is 0 Å². The number of halogens is 1. The Morgan fingerprint density at radius 2 is 1.84 bits per heavy atom. The Bertz CT molecular complexity index is 538. The standard InChI is InChI=1S/C14H15FN2O2/c15-11-5-3-4-10-12(11)17(14(19)13(10)18)9-8-16-6-1-2-7-16/h3-5H,1-2,6-9H2. The molecule has 100 valence electrons. The number of hydrogen-bond acceptors (Lipinski definition) is 3. The van der Waals surface area contributed by atoms with Crippen molar-refractivity contribution in [1.82, 2.24) is 4.90 Å². The van der Waals surface area contributed by atoms with Gasteiger partial charge in [-0.15, -0.1) is 0 Å². The average molecular weight is 262 g/mol. The zero-order valence-corrected chi connectivity index (χ0v) is 10.6. The third-order valence-corrected chi connectivity index (χ3v) is 3.78. The van der Waals surface area contributed by atoms with Crippen LogP contribution in [0.3, 0.4) is 0 Å². The number of fused-ring (bicyclic) bond motifs is 1. The highest BCUT2D eigenvalue weighted by Gasteiger charge is 2.37. The summed E-state index contributed by atoms with van der Waals surface area (Å²) >= 11 is 0. The molecule has 0 radical (unpaired) electrons. The van der Waals surface area contributed by atoms with E-state index in [0.717, 1.165) is 25.9 Å². The first-order valence-corrected chi connectivity index (χ1v) is 6.55. The summed E-state index contributed by atoms with van der Waals surface area (Å²) in [6, 6.07) is 4.26. The van der Waals surface area contributed by atoms with Crippen LogP contribution in [0, 0.1) is 5.82 Å². The van der Waals surface area contributed by atoms with Crippen molar-refractivity contribution < 1.29 is 14.0 Å². The Labute approximate surface area is 110 Å². The lowest BCUT2D eigenvalue weighted by molar-refractivity contribution is -0.114. The number of rotatable bonds is 3. The summed E-state index contributed by atoms with van der Waals surface area (Å²) in [7, 11) is 0. The van der Waals surface area contributed by atoms with E-state index in [9.17, 15) is 14.0 Å². The molecule has 0 aromatic heterocycles. The van der Waals surface area contributed by atoms with E-state index in [1.807, 2.05) is 0 Å². The highest BCUT2D eigenvalue weighted by Crippen LogP contribution is 2.31. The van der Waals surface area contributed by atoms with Crippen LogP contribution >= 0.6 is 0 Å². The molecule has 2 aliphatic heterocycles. The number of hydrogen-bond donors (Lipinski definition) is 0. The van der Waals surface area contributed by atoms with Crippen molar-refractivity contribution in [1.29, 1.82) is 0 Å². The van der Waals surface area contributed by atoms with Gasteiger partial charge in [0.25, 0.3) is 11.7 Å². The van der Waals surface area contributed by atoms with Crippen LogP contribution in [0.25, 0.3) is 0 Å². The first-order valence-electron chi connectivity index (χ1n) is 6.55. The molecule has 0 atom stereocenters. The van der Waals surface area contributed by atoms with Gasteiger partial charge in [-0.2, -0.15) is 0 Å². The van der Waals surface area contributed by atoms with E-state index >= 15 is 0 Å². The smallest absolute Gasteiger partial charge is 0.299 e. The molecule has 19 heavy (non-hydrogen) atoms. The molecule has 0 unspecified atom stereocenters. The summed E-state index contributed by atoms with van der Waals surface area (Å²) < 4.78 is 13.8. The molecular formula is C14H15FN2O2. The van der Waals surface area contributed by atoms with Gasteiger partial charge in [0.05, 0.1) is 11.3 Å². The molecule has 1 aromatic rings. The van der Waals surface area contributed by atoms with E-state index in [0.29, 0.717) is 13.1 Å². The fourth-order valence-corrected chi connectivity index (χ4v) is 2.77. The summed E-state index contributed by atoms with van der Waals surface area (Å²) in [6.07, 6.45) is 2.33. The maximum absolute atomic E-state index is 13.8. The third-order valence-electron chi connectivity index (χ3n) is 3.78. The molecule has 1 fully saturated rings. The monoisotopic (exact) mass is 262 g/mol. The van der Waals surface area contributed by atoms with Crippen molar-refractivity contribution in [2.24, 2.45) is 0 Å². The van der Waals surface area contributed by atoms with E-state index in [-0.39, 0.29) is 11.3 Å². The maximum Gasteiger partial charge on any atom is 0.299 e. The van der Waals surface area contributed by atoms with Crippen LogP contribution in [0.1, 0.15) is 23.2 Å². The highest BCUT2D eigenvalue weighted by molar-refractivity contribution is 6.52. The molecule has 2 heterocycles. The number of carbonyl (C=O) groups excluding carboxylic acids is 2. The van der Waals surface area contributed by atoms with Gasteiger partial charge in [-0.3, -0.25) is 9.59 Å². The largest absolute Gasteiger partial charge is 0.302 e. The van der Waals surface area contributed by atoms with Crippen LogP contribution in [0.2, 0.25) is 0 Å². The third kappa shape index (κ3) is 2.04. The second-order valence-corrected chi connectivity index (χ2v) is 4.97. The summed E-state index contributed by atoms with van der Waals surface area (Å²) in [4.78, 5) is 27.2. The molecule has 5 heteroatoms. The quantitative estimate of drug-likeness (QED) is 0.774. The molecule has 0 aliphatic carbocycles. The molecule has 3 rings (SSSR count). The van der Waals surface area contributed by atoms with Gasteiger partial charge in [0.2, 0.25) is 0 Å². The van der Waals surface area contributed by atoms with Crippen molar-refractivity contribution in [2.45, 2.75) is 12.8 Å². The minimum Gasteiger partial charge on any atom is -0.302 e. The predicted octanol–water partition coefficient (Wildman–Crippen LogP) is 1.45. The Balaban J connectivity index is 1.82. The first-order chi connectivity index (χ1) is 9.18. The Morgan fingerprint density at radius 1 is 1.11 bits per heavy atom. The summed E-state index contributed by atoms with van der Waals surface area (Å²) in [5, 5.41) is 0. The van der Waals surface area contributed by atoms with Crippen molar-refractivity contribution >= 4 is 17.4 Å². The van der Waals surface area contributed by atoms with E-state index < -0.39 is 17.5 Å². The molecule has 1 saturated heterocycles. The lowest BCUT2D eigenvalue weighted by Gasteiger charge is -2.21. The minimum atomic E-state index is -0.612. The molecule has 0 bridgehead atoms. The number of para-hydroxylation sites is 1. The van der Waals surface area contributed by atoms with E-state index in [4.69, 9.17) is 0 Å². The fourth-order valence-electron chi connectivity index (χ4n) is 2.77. The van der Waals surface area contributed by atoms with Gasteiger partial charge in [0.15, 0.2) is 0 Å². The lowest BCUT2D eigenvalue weighted by atomic mass is 10.1. The van der Waals surface area contributed by atoms with Crippen LogP contribution in [-0.4, -0.2) is 42.8 Å². The lowest BCUT2D eigenvalue weighted by Crippen LogP contribution is -2.37. The maximum atomic E-state index is 13.8. The number of carbonyl (C=O) groups is 2.